The van der Waals surface area contributed by atoms with Crippen molar-refractivity contribution in [3.05, 3.63) is 43.2 Å². The third-order valence-electron chi connectivity index (χ3n) is 1.67. The summed E-state index contributed by atoms with van der Waals surface area (Å²) in [6.45, 7) is 0. The van der Waals surface area contributed by atoms with Gasteiger partial charge in [0.2, 0.25) is 0 Å². The summed E-state index contributed by atoms with van der Waals surface area (Å²) in [6.07, 6.45) is 0. The zero-order valence-electron chi connectivity index (χ0n) is 6.54. The molecule has 0 nitrogen and oxygen atoms in total. The minimum atomic E-state index is 0.00236. The maximum atomic E-state index is 6.28. The maximum absolute atomic E-state index is 6.28. The lowest BCUT2D eigenvalue weighted by atomic mass is 10.2. The summed E-state index contributed by atoms with van der Waals surface area (Å²) in [7, 11) is 0. The number of thiophene rings is 2. The van der Waals surface area contributed by atoms with Crippen molar-refractivity contribution >= 4 is 50.2 Å². The summed E-state index contributed by atoms with van der Waals surface area (Å²) in [5, 5.41) is 4.13. The monoisotopic (exact) mass is 292 g/mol. The van der Waals surface area contributed by atoms with Gasteiger partial charge in [-0.1, -0.05) is 6.07 Å². The largest absolute Gasteiger partial charge is 0.147 e. The number of rotatable bonds is 2. The van der Waals surface area contributed by atoms with E-state index in [-0.39, 0.29) is 5.38 Å². The van der Waals surface area contributed by atoms with Gasteiger partial charge < -0.3 is 0 Å². The molecule has 0 aromatic carbocycles. The molecule has 4 heteroatoms. The van der Waals surface area contributed by atoms with Crippen LogP contribution in [0.2, 0.25) is 0 Å². The Morgan fingerprint density at radius 2 is 2.23 bits per heavy atom. The molecule has 13 heavy (non-hydrogen) atoms. The lowest BCUT2D eigenvalue weighted by Crippen LogP contribution is -1.85. The number of alkyl halides is 1. The summed E-state index contributed by atoms with van der Waals surface area (Å²) < 4.78 is 1.13. The van der Waals surface area contributed by atoms with Crippen LogP contribution in [0.25, 0.3) is 0 Å². The molecule has 0 bridgehead atoms. The first-order valence-electron chi connectivity index (χ1n) is 3.69. The Hall–Kier alpha value is 0.170. The smallest absolute Gasteiger partial charge is 0.0936 e. The van der Waals surface area contributed by atoms with E-state index in [0.29, 0.717) is 0 Å². The SMILES string of the molecule is ClC(c1csc(Br)c1)c1cccs1. The van der Waals surface area contributed by atoms with Gasteiger partial charge in [0, 0.05) is 4.88 Å². The fourth-order valence-corrected chi connectivity index (χ4v) is 3.41. The van der Waals surface area contributed by atoms with Crippen LogP contribution in [-0.2, 0) is 0 Å². The first-order chi connectivity index (χ1) is 6.27. The van der Waals surface area contributed by atoms with Crippen LogP contribution in [0, 0.1) is 0 Å². The van der Waals surface area contributed by atoms with Crippen molar-refractivity contribution < 1.29 is 0 Å². The van der Waals surface area contributed by atoms with Crippen LogP contribution in [0.5, 0.6) is 0 Å². The highest BCUT2D eigenvalue weighted by atomic mass is 79.9. The molecule has 0 N–H and O–H groups in total. The predicted molar refractivity (Wildman–Crippen MR) is 64.0 cm³/mol. The maximum Gasteiger partial charge on any atom is 0.0936 e. The standard InChI is InChI=1S/C9H6BrClS2/c10-8-4-6(5-13-8)9(11)7-2-1-3-12-7/h1-5,9H. The van der Waals surface area contributed by atoms with Gasteiger partial charge in [-0.3, -0.25) is 0 Å². The van der Waals surface area contributed by atoms with Crippen LogP contribution in [0.3, 0.4) is 0 Å². The number of hydrogen-bond acceptors (Lipinski definition) is 2. The third-order valence-corrected chi connectivity index (χ3v) is 4.75. The van der Waals surface area contributed by atoms with Crippen LogP contribution in [0.4, 0.5) is 0 Å². The lowest BCUT2D eigenvalue weighted by molar-refractivity contribution is 1.20. The summed E-state index contributed by atoms with van der Waals surface area (Å²) in [6, 6.07) is 6.16. The van der Waals surface area contributed by atoms with E-state index in [1.54, 1.807) is 22.7 Å². The molecule has 0 aliphatic rings. The molecule has 0 saturated carbocycles. The van der Waals surface area contributed by atoms with Gasteiger partial charge in [-0.15, -0.1) is 34.3 Å². The molecule has 2 aromatic heterocycles. The molecule has 2 aromatic rings. The minimum Gasteiger partial charge on any atom is -0.147 e. The molecule has 1 unspecified atom stereocenters. The van der Waals surface area contributed by atoms with E-state index in [1.807, 2.05) is 11.4 Å². The zero-order chi connectivity index (χ0) is 9.26. The third kappa shape index (κ3) is 2.15. The summed E-state index contributed by atoms with van der Waals surface area (Å²) in [5.74, 6) is 0. The normalized spacial score (nSPS) is 13.1. The molecule has 0 amide bonds. The molecule has 68 valence electrons. The van der Waals surface area contributed by atoms with Gasteiger partial charge in [0.15, 0.2) is 0 Å². The number of hydrogen-bond donors (Lipinski definition) is 0. The van der Waals surface area contributed by atoms with E-state index in [0.717, 1.165) is 3.79 Å². The second-order valence-corrected chi connectivity index (χ2v) is 6.27. The highest BCUT2D eigenvalue weighted by Crippen LogP contribution is 2.35. The fraction of sp³-hybridized carbons (Fsp3) is 0.111. The molecule has 0 spiro atoms. The van der Waals surface area contributed by atoms with Gasteiger partial charge in [-0.2, -0.15) is 0 Å². The van der Waals surface area contributed by atoms with Gasteiger partial charge in [0.05, 0.1) is 9.16 Å². The van der Waals surface area contributed by atoms with E-state index in [1.165, 1.54) is 10.4 Å². The van der Waals surface area contributed by atoms with Gasteiger partial charge >= 0.3 is 0 Å². The lowest BCUT2D eigenvalue weighted by Gasteiger charge is -2.02. The van der Waals surface area contributed by atoms with E-state index in [9.17, 15) is 0 Å². The first-order valence-corrected chi connectivity index (χ1v) is 6.67. The summed E-state index contributed by atoms with van der Waals surface area (Å²) >= 11 is 13.1. The van der Waals surface area contributed by atoms with Crippen molar-refractivity contribution in [3.8, 4) is 0 Å². The molecule has 0 saturated heterocycles. The van der Waals surface area contributed by atoms with Crippen molar-refractivity contribution in [2.24, 2.45) is 0 Å². The minimum absolute atomic E-state index is 0.00236. The van der Waals surface area contributed by atoms with Crippen LogP contribution >= 0.6 is 50.2 Å². The number of halogens is 2. The van der Waals surface area contributed by atoms with Crippen molar-refractivity contribution in [1.29, 1.82) is 0 Å². The van der Waals surface area contributed by atoms with Crippen LogP contribution in [0.15, 0.2) is 32.7 Å². The molecule has 0 aliphatic carbocycles. The highest BCUT2D eigenvalue weighted by molar-refractivity contribution is 9.11. The second kappa shape index (κ2) is 4.13. The Bertz CT molecular complexity index is 380. The fourth-order valence-electron chi connectivity index (χ4n) is 1.06. The Balaban J connectivity index is 2.28. The molecular weight excluding hydrogens is 288 g/mol. The Morgan fingerprint density at radius 3 is 2.77 bits per heavy atom. The van der Waals surface area contributed by atoms with Gasteiger partial charge in [0.1, 0.15) is 0 Å². The molecular formula is C9H6BrClS2. The van der Waals surface area contributed by atoms with Crippen molar-refractivity contribution in [2.45, 2.75) is 5.38 Å². The van der Waals surface area contributed by atoms with Crippen LogP contribution in [-0.4, -0.2) is 0 Å². The Labute approximate surface area is 98.3 Å². The van der Waals surface area contributed by atoms with E-state index >= 15 is 0 Å². The summed E-state index contributed by atoms with van der Waals surface area (Å²) in [4.78, 5) is 1.20. The van der Waals surface area contributed by atoms with Crippen molar-refractivity contribution in [3.63, 3.8) is 0 Å². The van der Waals surface area contributed by atoms with Gasteiger partial charge in [-0.05, 0) is 44.4 Å². The van der Waals surface area contributed by atoms with Gasteiger partial charge in [0.25, 0.3) is 0 Å². The molecule has 2 heterocycles. The average Bonchev–Trinajstić information content (AvgIpc) is 2.72. The van der Waals surface area contributed by atoms with Crippen LogP contribution < -0.4 is 0 Å². The Kier molecular flexibility index (Phi) is 3.09. The van der Waals surface area contributed by atoms with Crippen molar-refractivity contribution in [1.82, 2.24) is 0 Å². The zero-order valence-corrected chi connectivity index (χ0v) is 10.5. The molecule has 2 rings (SSSR count). The quantitative estimate of drug-likeness (QED) is 0.691. The summed E-state index contributed by atoms with van der Waals surface area (Å²) in [5.41, 5.74) is 1.17. The molecule has 0 aliphatic heterocycles. The van der Waals surface area contributed by atoms with Crippen LogP contribution in [0.1, 0.15) is 15.8 Å². The van der Waals surface area contributed by atoms with E-state index in [4.69, 9.17) is 11.6 Å². The topological polar surface area (TPSA) is 0 Å². The van der Waals surface area contributed by atoms with E-state index in [2.05, 4.69) is 33.4 Å². The van der Waals surface area contributed by atoms with Gasteiger partial charge in [-0.25, -0.2) is 0 Å². The first kappa shape index (κ1) is 9.71. The Morgan fingerprint density at radius 1 is 1.38 bits per heavy atom. The molecule has 1 atom stereocenters. The molecule has 0 fully saturated rings. The van der Waals surface area contributed by atoms with Crippen molar-refractivity contribution in [2.75, 3.05) is 0 Å². The average molecular weight is 294 g/mol. The second-order valence-electron chi connectivity index (χ2n) is 2.56. The van der Waals surface area contributed by atoms with E-state index < -0.39 is 0 Å². The highest BCUT2D eigenvalue weighted by Gasteiger charge is 2.12. The predicted octanol–water partition coefficient (Wildman–Crippen LogP) is 4.90. The molecule has 0 radical (unpaired) electrons.